The number of nitro benzene ring substituents is 1. The largest absolute Gasteiger partial charge is 0.495 e. The van der Waals surface area contributed by atoms with Crippen LogP contribution in [0.5, 0.6) is 5.75 Å². The van der Waals surface area contributed by atoms with Crippen molar-refractivity contribution in [1.82, 2.24) is 5.43 Å². The summed E-state index contributed by atoms with van der Waals surface area (Å²) in [5, 5.41) is 11.1. The van der Waals surface area contributed by atoms with Gasteiger partial charge in [0.15, 0.2) is 0 Å². The van der Waals surface area contributed by atoms with Gasteiger partial charge in [-0.05, 0) is 18.2 Å². The second-order valence-corrected chi connectivity index (χ2v) is 6.87. The van der Waals surface area contributed by atoms with Crippen LogP contribution in [0, 0.1) is 10.1 Å². The predicted octanol–water partition coefficient (Wildman–Crippen LogP) is 0.789. The molecule has 0 atom stereocenters. The van der Waals surface area contributed by atoms with Gasteiger partial charge in [0.2, 0.25) is 0 Å². The molecule has 0 saturated carbocycles. The molecule has 0 aliphatic heterocycles. The van der Waals surface area contributed by atoms with Crippen molar-refractivity contribution in [3.63, 3.8) is 0 Å². The molecule has 0 saturated heterocycles. The monoisotopic (exact) mass is 380 g/mol. The van der Waals surface area contributed by atoms with Gasteiger partial charge in [-0.2, -0.15) is 0 Å². The van der Waals surface area contributed by atoms with E-state index in [1.807, 2.05) is 5.43 Å². The van der Waals surface area contributed by atoms with Gasteiger partial charge in [-0.15, -0.1) is 0 Å². The number of amides is 1. The molecule has 0 aromatic heterocycles. The van der Waals surface area contributed by atoms with Crippen LogP contribution in [0.15, 0.2) is 53.4 Å². The minimum absolute atomic E-state index is 0.0416. The number of hydrazine groups is 1. The number of carbonyl (C=O) groups excluding carboxylic acids is 1. The molecular weight excluding hydrogens is 364 g/mol. The van der Waals surface area contributed by atoms with Crippen LogP contribution in [-0.4, -0.2) is 32.9 Å². The number of nitrogens with zero attached hydrogens (tertiary/aromatic N) is 2. The maximum Gasteiger partial charge on any atom is 0.271 e. The first kappa shape index (κ1) is 19.1. The first-order valence-electron chi connectivity index (χ1n) is 7.21. The van der Waals surface area contributed by atoms with E-state index in [-0.39, 0.29) is 22.0 Å². The van der Waals surface area contributed by atoms with Gasteiger partial charge in [-0.1, -0.05) is 18.2 Å². The van der Waals surface area contributed by atoms with E-state index in [1.54, 1.807) is 6.07 Å². The Bertz CT molecular complexity index is 917. The Labute approximate surface area is 149 Å². The Balaban J connectivity index is 2.68. The van der Waals surface area contributed by atoms with Gasteiger partial charge in [0.05, 0.1) is 16.9 Å². The van der Waals surface area contributed by atoms with Crippen LogP contribution < -0.4 is 20.3 Å². The molecule has 3 N–H and O–H groups in total. The maximum atomic E-state index is 13.0. The van der Waals surface area contributed by atoms with Crippen LogP contribution in [0.25, 0.3) is 0 Å². The molecule has 0 aliphatic carbocycles. The first-order chi connectivity index (χ1) is 12.3. The standard InChI is InChI=1S/C15H16N4O6S/c1-25-14-8-7-11(19(21)22)9-13(14)18(10-15(20)17-16)26(23,24)12-5-3-2-4-6-12/h2-9H,10,16H2,1H3,(H,17,20). The van der Waals surface area contributed by atoms with Crippen molar-refractivity contribution < 1.29 is 22.9 Å². The number of carbonyl (C=O) groups is 1. The quantitative estimate of drug-likeness (QED) is 0.312. The lowest BCUT2D eigenvalue weighted by Gasteiger charge is -2.25. The highest BCUT2D eigenvalue weighted by atomic mass is 32.2. The number of hydrogen-bond donors (Lipinski definition) is 2. The highest BCUT2D eigenvalue weighted by Gasteiger charge is 2.30. The second-order valence-electron chi connectivity index (χ2n) is 5.01. The van der Waals surface area contributed by atoms with Crippen molar-refractivity contribution in [1.29, 1.82) is 0 Å². The first-order valence-corrected chi connectivity index (χ1v) is 8.65. The third kappa shape index (κ3) is 3.90. The molecular formula is C15H16N4O6S. The summed E-state index contributed by atoms with van der Waals surface area (Å²) in [6.07, 6.45) is 0. The lowest BCUT2D eigenvalue weighted by atomic mass is 10.2. The summed E-state index contributed by atoms with van der Waals surface area (Å²) < 4.78 is 31.8. The molecule has 2 rings (SSSR count). The molecule has 11 heteroatoms. The van der Waals surface area contributed by atoms with Crippen LogP contribution in [-0.2, 0) is 14.8 Å². The van der Waals surface area contributed by atoms with Crippen molar-refractivity contribution in [3.8, 4) is 5.75 Å². The lowest BCUT2D eigenvalue weighted by Crippen LogP contribution is -2.43. The van der Waals surface area contributed by atoms with E-state index in [4.69, 9.17) is 10.6 Å². The fraction of sp³-hybridized carbons (Fsp3) is 0.133. The molecule has 0 bridgehead atoms. The number of sulfonamides is 1. The zero-order valence-electron chi connectivity index (χ0n) is 13.7. The van der Waals surface area contributed by atoms with Crippen LogP contribution in [0.1, 0.15) is 0 Å². The minimum Gasteiger partial charge on any atom is -0.495 e. The SMILES string of the molecule is COc1ccc([N+](=O)[O-])cc1N(CC(=O)NN)S(=O)(=O)c1ccccc1. The average molecular weight is 380 g/mol. The fourth-order valence-electron chi connectivity index (χ4n) is 2.18. The predicted molar refractivity (Wildman–Crippen MR) is 93.0 cm³/mol. The van der Waals surface area contributed by atoms with Crippen LogP contribution >= 0.6 is 0 Å². The Kier molecular flexibility index (Phi) is 5.75. The Hall–Kier alpha value is -3.18. The molecule has 26 heavy (non-hydrogen) atoms. The molecule has 0 spiro atoms. The lowest BCUT2D eigenvalue weighted by molar-refractivity contribution is -0.384. The van der Waals surface area contributed by atoms with Crippen molar-refractivity contribution in [2.24, 2.45) is 5.84 Å². The zero-order chi connectivity index (χ0) is 19.3. The number of nitrogens with two attached hydrogens (primary N) is 1. The van der Waals surface area contributed by atoms with Gasteiger partial charge < -0.3 is 4.74 Å². The summed E-state index contributed by atoms with van der Waals surface area (Å²) in [6.45, 7) is -0.689. The molecule has 0 radical (unpaired) electrons. The van der Waals surface area contributed by atoms with Crippen molar-refractivity contribution in [2.45, 2.75) is 4.90 Å². The Morgan fingerprint density at radius 3 is 2.46 bits per heavy atom. The Morgan fingerprint density at radius 2 is 1.92 bits per heavy atom. The molecule has 0 heterocycles. The number of rotatable bonds is 7. The highest BCUT2D eigenvalue weighted by Crippen LogP contribution is 2.35. The molecule has 2 aromatic carbocycles. The number of benzene rings is 2. The van der Waals surface area contributed by atoms with E-state index < -0.39 is 27.4 Å². The zero-order valence-corrected chi connectivity index (χ0v) is 14.5. The molecule has 0 unspecified atom stereocenters. The number of nitro groups is 1. The van der Waals surface area contributed by atoms with Gasteiger partial charge in [0, 0.05) is 12.1 Å². The molecule has 10 nitrogen and oxygen atoms in total. The molecule has 1 amide bonds. The molecule has 0 aliphatic rings. The summed E-state index contributed by atoms with van der Waals surface area (Å²) in [5.74, 6) is 4.30. The van der Waals surface area contributed by atoms with Gasteiger partial charge in [0.1, 0.15) is 18.0 Å². The maximum absolute atomic E-state index is 13.0. The van der Waals surface area contributed by atoms with E-state index in [0.717, 1.165) is 6.07 Å². The van der Waals surface area contributed by atoms with Gasteiger partial charge in [0.25, 0.3) is 21.6 Å². The van der Waals surface area contributed by atoms with Gasteiger partial charge in [-0.3, -0.25) is 24.6 Å². The van der Waals surface area contributed by atoms with E-state index in [1.165, 1.54) is 43.5 Å². The van der Waals surface area contributed by atoms with E-state index in [9.17, 15) is 23.3 Å². The number of non-ortho nitro benzene ring substituents is 1. The normalized spacial score (nSPS) is 10.8. The highest BCUT2D eigenvalue weighted by molar-refractivity contribution is 7.92. The summed E-state index contributed by atoms with van der Waals surface area (Å²) in [4.78, 5) is 22.1. The number of nitrogens with one attached hydrogen (secondary N) is 1. The summed E-state index contributed by atoms with van der Waals surface area (Å²) in [6, 6.07) is 10.8. The minimum atomic E-state index is -4.22. The van der Waals surface area contributed by atoms with Crippen LogP contribution in [0.3, 0.4) is 0 Å². The smallest absolute Gasteiger partial charge is 0.271 e. The third-order valence-corrected chi connectivity index (χ3v) is 5.20. The van der Waals surface area contributed by atoms with Crippen molar-refractivity contribution in [2.75, 3.05) is 18.0 Å². The number of methoxy groups -OCH3 is 1. The average Bonchev–Trinajstić information content (AvgIpc) is 2.65. The van der Waals surface area contributed by atoms with Crippen molar-refractivity contribution >= 4 is 27.3 Å². The third-order valence-electron chi connectivity index (χ3n) is 3.42. The molecule has 2 aromatic rings. The number of ether oxygens (including phenoxy) is 1. The second kappa shape index (κ2) is 7.80. The van der Waals surface area contributed by atoms with Crippen LogP contribution in [0.2, 0.25) is 0 Å². The number of hydrogen-bond acceptors (Lipinski definition) is 7. The van der Waals surface area contributed by atoms with Gasteiger partial charge in [-0.25, -0.2) is 14.3 Å². The topological polar surface area (TPSA) is 145 Å². The van der Waals surface area contributed by atoms with Crippen molar-refractivity contribution in [3.05, 3.63) is 58.6 Å². The molecule has 138 valence electrons. The van der Waals surface area contributed by atoms with E-state index >= 15 is 0 Å². The summed E-state index contributed by atoms with van der Waals surface area (Å²) in [5.41, 5.74) is 1.33. The van der Waals surface area contributed by atoms with E-state index in [0.29, 0.717) is 4.31 Å². The van der Waals surface area contributed by atoms with E-state index in [2.05, 4.69) is 0 Å². The molecule has 0 fully saturated rings. The van der Waals surface area contributed by atoms with Gasteiger partial charge >= 0.3 is 0 Å². The van der Waals surface area contributed by atoms with Crippen LogP contribution in [0.4, 0.5) is 11.4 Å². The summed E-state index contributed by atoms with van der Waals surface area (Å²) >= 11 is 0. The summed E-state index contributed by atoms with van der Waals surface area (Å²) in [7, 11) is -2.94. The Morgan fingerprint density at radius 1 is 1.27 bits per heavy atom. The fourth-order valence-corrected chi connectivity index (χ4v) is 3.63. The number of anilines is 1.